The van der Waals surface area contributed by atoms with E-state index in [1.165, 1.54) is 0 Å². The largest absolute Gasteiger partial charge is 0.377 e. The fourth-order valence-electron chi connectivity index (χ4n) is 3.18. The first-order chi connectivity index (χ1) is 11.6. The molecule has 4 rings (SSSR count). The molecule has 7 heteroatoms. The van der Waals surface area contributed by atoms with Crippen LogP contribution in [0.3, 0.4) is 0 Å². The van der Waals surface area contributed by atoms with E-state index in [0.717, 1.165) is 11.4 Å². The van der Waals surface area contributed by atoms with Crippen LogP contribution < -0.4 is 0 Å². The summed E-state index contributed by atoms with van der Waals surface area (Å²) in [5, 5.41) is 4.25. The van der Waals surface area contributed by atoms with Gasteiger partial charge in [-0.2, -0.15) is 5.10 Å². The number of aromatic nitrogens is 4. The van der Waals surface area contributed by atoms with E-state index >= 15 is 0 Å². The van der Waals surface area contributed by atoms with Gasteiger partial charge in [0, 0.05) is 37.4 Å². The predicted octanol–water partition coefficient (Wildman–Crippen LogP) is 1.59. The minimum atomic E-state index is -0.106. The molecule has 1 aliphatic rings. The number of ether oxygens (including phenoxy) is 1. The molecule has 0 aliphatic carbocycles. The summed E-state index contributed by atoms with van der Waals surface area (Å²) in [5.74, 6) is -0.0578. The van der Waals surface area contributed by atoms with Gasteiger partial charge in [0.1, 0.15) is 5.56 Å². The second-order valence-corrected chi connectivity index (χ2v) is 6.03. The first kappa shape index (κ1) is 14.9. The highest BCUT2D eigenvalue weighted by molar-refractivity contribution is 5.99. The van der Waals surface area contributed by atoms with Crippen molar-refractivity contribution in [1.29, 1.82) is 0 Å². The fraction of sp³-hybridized carbons (Fsp3) is 0.353. The number of carbonyl (C=O) groups excluding carboxylic acids is 1. The summed E-state index contributed by atoms with van der Waals surface area (Å²) in [6.45, 7) is 3.49. The number of rotatable bonds is 2. The Hall–Kier alpha value is -2.67. The van der Waals surface area contributed by atoms with Crippen LogP contribution in [-0.2, 0) is 11.8 Å². The van der Waals surface area contributed by atoms with Crippen molar-refractivity contribution >= 4 is 11.6 Å². The minimum Gasteiger partial charge on any atom is -0.377 e. The molecule has 0 spiro atoms. The third-order valence-corrected chi connectivity index (χ3v) is 4.45. The molecule has 1 saturated heterocycles. The smallest absolute Gasteiger partial charge is 0.260 e. The summed E-state index contributed by atoms with van der Waals surface area (Å²) in [6.07, 6.45) is 5.40. The fourth-order valence-corrected chi connectivity index (χ4v) is 3.18. The summed E-state index contributed by atoms with van der Waals surface area (Å²) in [5.41, 5.74) is 3.04. The van der Waals surface area contributed by atoms with Gasteiger partial charge in [0.2, 0.25) is 0 Å². The van der Waals surface area contributed by atoms with Crippen LogP contribution in [0.5, 0.6) is 0 Å². The molecule has 0 unspecified atom stereocenters. The molecule has 4 heterocycles. The maximum atomic E-state index is 13.2. The zero-order valence-corrected chi connectivity index (χ0v) is 13.7. The van der Waals surface area contributed by atoms with Crippen molar-refractivity contribution in [3.63, 3.8) is 0 Å². The van der Waals surface area contributed by atoms with Crippen molar-refractivity contribution in [2.24, 2.45) is 7.05 Å². The molecule has 1 atom stereocenters. The predicted molar refractivity (Wildman–Crippen MR) is 87.7 cm³/mol. The molecule has 1 amide bonds. The normalized spacial score (nSPS) is 18.2. The standard InChI is InChI=1S/C17H19N5O2/c1-12-5-7-22-16(19-12)13(10-18-22)17(23)21-8-9-24-11-15(21)14-4-3-6-20(14)2/h3-7,10,15H,8-9,11H2,1-2H3/t15-/m0/s1. The molecule has 0 aromatic carbocycles. The molecule has 1 fully saturated rings. The van der Waals surface area contributed by atoms with Gasteiger partial charge < -0.3 is 14.2 Å². The Kier molecular flexibility index (Phi) is 3.57. The van der Waals surface area contributed by atoms with Crippen LogP contribution in [-0.4, -0.2) is 49.7 Å². The average Bonchev–Trinajstić information content (AvgIpc) is 3.20. The van der Waals surface area contributed by atoms with E-state index in [1.807, 2.05) is 54.0 Å². The second-order valence-electron chi connectivity index (χ2n) is 6.03. The van der Waals surface area contributed by atoms with Crippen LogP contribution in [0.1, 0.15) is 27.8 Å². The van der Waals surface area contributed by atoms with Gasteiger partial charge in [-0.05, 0) is 25.1 Å². The summed E-state index contributed by atoms with van der Waals surface area (Å²) >= 11 is 0. The Bertz CT molecular complexity index is 897. The van der Waals surface area contributed by atoms with Gasteiger partial charge in [-0.1, -0.05) is 0 Å². The molecule has 124 valence electrons. The monoisotopic (exact) mass is 325 g/mol. The number of nitrogens with zero attached hydrogens (tertiary/aromatic N) is 5. The molecule has 0 bridgehead atoms. The van der Waals surface area contributed by atoms with E-state index in [1.54, 1.807) is 10.7 Å². The lowest BCUT2D eigenvalue weighted by atomic mass is 10.1. The van der Waals surface area contributed by atoms with Crippen LogP contribution in [0.15, 0.2) is 36.8 Å². The first-order valence-electron chi connectivity index (χ1n) is 7.96. The lowest BCUT2D eigenvalue weighted by molar-refractivity contribution is -0.00454. The zero-order valence-electron chi connectivity index (χ0n) is 13.7. The summed E-state index contributed by atoms with van der Waals surface area (Å²) < 4.78 is 9.28. The molecular weight excluding hydrogens is 306 g/mol. The van der Waals surface area contributed by atoms with Gasteiger partial charge in [0.15, 0.2) is 5.65 Å². The molecule has 3 aromatic rings. The quantitative estimate of drug-likeness (QED) is 0.718. The molecule has 3 aromatic heterocycles. The van der Waals surface area contributed by atoms with Gasteiger partial charge in [0.25, 0.3) is 5.91 Å². The maximum Gasteiger partial charge on any atom is 0.260 e. The van der Waals surface area contributed by atoms with Crippen LogP contribution >= 0.6 is 0 Å². The Morgan fingerprint density at radius 1 is 1.33 bits per heavy atom. The molecule has 7 nitrogen and oxygen atoms in total. The lowest BCUT2D eigenvalue weighted by Gasteiger charge is -2.35. The Balaban J connectivity index is 1.73. The molecule has 24 heavy (non-hydrogen) atoms. The number of fused-ring (bicyclic) bond motifs is 1. The van der Waals surface area contributed by atoms with E-state index < -0.39 is 0 Å². The van der Waals surface area contributed by atoms with Gasteiger partial charge in [-0.25, -0.2) is 9.50 Å². The Labute approximate surface area is 139 Å². The van der Waals surface area contributed by atoms with Gasteiger partial charge in [-0.3, -0.25) is 4.79 Å². The first-order valence-corrected chi connectivity index (χ1v) is 7.96. The highest BCUT2D eigenvalue weighted by Crippen LogP contribution is 2.26. The summed E-state index contributed by atoms with van der Waals surface area (Å²) in [7, 11) is 1.98. The number of morpholine rings is 1. The van der Waals surface area contributed by atoms with Crippen molar-refractivity contribution < 1.29 is 9.53 Å². The number of hydrogen-bond donors (Lipinski definition) is 0. The van der Waals surface area contributed by atoms with Crippen molar-refractivity contribution in [2.45, 2.75) is 13.0 Å². The number of aryl methyl sites for hydroxylation is 2. The zero-order chi connectivity index (χ0) is 16.7. The van der Waals surface area contributed by atoms with E-state index in [-0.39, 0.29) is 11.9 Å². The Morgan fingerprint density at radius 3 is 3.00 bits per heavy atom. The highest BCUT2D eigenvalue weighted by atomic mass is 16.5. The molecule has 1 aliphatic heterocycles. The highest BCUT2D eigenvalue weighted by Gasteiger charge is 2.32. The van der Waals surface area contributed by atoms with Crippen LogP contribution in [0.2, 0.25) is 0 Å². The molecular formula is C17H19N5O2. The topological polar surface area (TPSA) is 64.7 Å². The number of hydrogen-bond acceptors (Lipinski definition) is 4. The number of amides is 1. The molecule has 0 saturated carbocycles. The minimum absolute atomic E-state index is 0.0578. The van der Waals surface area contributed by atoms with Crippen LogP contribution in [0.4, 0.5) is 0 Å². The van der Waals surface area contributed by atoms with E-state index in [0.29, 0.717) is 31.0 Å². The molecule has 0 N–H and O–H groups in total. The molecule has 0 radical (unpaired) electrons. The van der Waals surface area contributed by atoms with Gasteiger partial charge >= 0.3 is 0 Å². The second kappa shape index (κ2) is 5.76. The van der Waals surface area contributed by atoms with Crippen LogP contribution in [0, 0.1) is 6.92 Å². The van der Waals surface area contributed by atoms with Crippen LogP contribution in [0.25, 0.3) is 5.65 Å². The Morgan fingerprint density at radius 2 is 2.21 bits per heavy atom. The third-order valence-electron chi connectivity index (χ3n) is 4.45. The lowest BCUT2D eigenvalue weighted by Crippen LogP contribution is -2.44. The van der Waals surface area contributed by atoms with Crippen molar-refractivity contribution in [1.82, 2.24) is 24.1 Å². The van der Waals surface area contributed by atoms with Crippen molar-refractivity contribution in [3.8, 4) is 0 Å². The average molecular weight is 325 g/mol. The summed E-state index contributed by atoms with van der Waals surface area (Å²) in [6, 6.07) is 5.77. The summed E-state index contributed by atoms with van der Waals surface area (Å²) in [4.78, 5) is 19.5. The van der Waals surface area contributed by atoms with Gasteiger partial charge in [0.05, 0.1) is 25.5 Å². The number of carbonyl (C=O) groups is 1. The van der Waals surface area contributed by atoms with E-state index in [4.69, 9.17) is 4.74 Å². The van der Waals surface area contributed by atoms with Crippen molar-refractivity contribution in [2.75, 3.05) is 19.8 Å². The van der Waals surface area contributed by atoms with E-state index in [9.17, 15) is 4.79 Å². The van der Waals surface area contributed by atoms with E-state index in [2.05, 4.69) is 10.1 Å². The SMILES string of the molecule is Cc1ccn2ncc(C(=O)N3CCOC[C@H]3c3cccn3C)c2n1. The maximum absolute atomic E-state index is 13.2. The van der Waals surface area contributed by atoms with Gasteiger partial charge in [-0.15, -0.1) is 0 Å². The third kappa shape index (κ3) is 2.37. The van der Waals surface area contributed by atoms with Crippen molar-refractivity contribution in [3.05, 3.63) is 53.7 Å².